The Labute approximate surface area is 188 Å². The summed E-state index contributed by atoms with van der Waals surface area (Å²) in [5, 5.41) is 6.15. The largest absolute Gasteiger partial charge is 0.348 e. The van der Waals surface area contributed by atoms with Crippen molar-refractivity contribution in [3.63, 3.8) is 0 Å². The van der Waals surface area contributed by atoms with Gasteiger partial charge in [0.1, 0.15) is 11.4 Å². The molecule has 0 radical (unpaired) electrons. The number of halogens is 1. The summed E-state index contributed by atoms with van der Waals surface area (Å²) in [6, 6.07) is 15.6. The van der Waals surface area contributed by atoms with E-state index in [1.165, 1.54) is 24.3 Å². The molecule has 2 N–H and O–H groups in total. The number of piperidine rings is 1. The molecule has 1 atom stereocenters. The Balaban J connectivity index is 1.40. The molecule has 4 rings (SSSR count). The van der Waals surface area contributed by atoms with Gasteiger partial charge < -0.3 is 20.4 Å². The minimum Gasteiger partial charge on any atom is -0.348 e. The molecule has 2 amide bonds. The summed E-state index contributed by atoms with van der Waals surface area (Å²) in [6.07, 6.45) is 1.48. The molecule has 0 saturated carbocycles. The average molecular weight is 439 g/mol. The first-order valence-corrected chi connectivity index (χ1v) is 11.3. The average Bonchev–Trinajstić information content (AvgIpc) is 3.11. The van der Waals surface area contributed by atoms with E-state index < -0.39 is 5.54 Å². The molecule has 2 fully saturated rings. The molecule has 2 heterocycles. The van der Waals surface area contributed by atoms with Crippen molar-refractivity contribution >= 4 is 17.5 Å². The topological polar surface area (TPSA) is 64.7 Å². The summed E-state index contributed by atoms with van der Waals surface area (Å²) in [7, 11) is 0. The normalized spacial score (nSPS) is 19.2. The smallest absolute Gasteiger partial charge is 0.251 e. The van der Waals surface area contributed by atoms with Crippen molar-refractivity contribution in [2.45, 2.75) is 38.3 Å². The number of carbonyl (C=O) groups excluding carboxylic acids is 2. The number of benzene rings is 2. The van der Waals surface area contributed by atoms with Gasteiger partial charge in [0.25, 0.3) is 5.91 Å². The number of amides is 2. The zero-order valence-electron chi connectivity index (χ0n) is 18.7. The van der Waals surface area contributed by atoms with Gasteiger partial charge in [0.2, 0.25) is 5.91 Å². The number of likely N-dealkylation sites (tertiary alicyclic amines) is 1. The molecular formula is C25H31FN4O2. The molecule has 6 nitrogen and oxygen atoms in total. The third kappa shape index (κ3) is 4.48. The Morgan fingerprint density at radius 1 is 1.09 bits per heavy atom. The van der Waals surface area contributed by atoms with E-state index in [1.807, 2.05) is 30.3 Å². The highest BCUT2D eigenvalue weighted by Crippen LogP contribution is 2.36. The van der Waals surface area contributed by atoms with Gasteiger partial charge in [-0.1, -0.05) is 32.0 Å². The first kappa shape index (κ1) is 22.3. The molecule has 2 saturated heterocycles. The molecule has 2 aromatic rings. The van der Waals surface area contributed by atoms with Crippen LogP contribution in [0.4, 0.5) is 10.1 Å². The lowest BCUT2D eigenvalue weighted by Gasteiger charge is -2.44. The molecule has 32 heavy (non-hydrogen) atoms. The Morgan fingerprint density at radius 2 is 1.75 bits per heavy atom. The second kappa shape index (κ2) is 9.28. The number of para-hydroxylation sites is 1. The van der Waals surface area contributed by atoms with Crippen molar-refractivity contribution in [1.82, 2.24) is 15.5 Å². The van der Waals surface area contributed by atoms with E-state index in [0.717, 1.165) is 31.6 Å². The molecule has 2 aromatic carbocycles. The van der Waals surface area contributed by atoms with Crippen LogP contribution < -0.4 is 15.5 Å². The van der Waals surface area contributed by atoms with Crippen molar-refractivity contribution in [2.24, 2.45) is 5.92 Å². The molecular weight excluding hydrogens is 407 g/mol. The minimum atomic E-state index is -0.511. The zero-order valence-corrected chi connectivity index (χ0v) is 18.7. The fraction of sp³-hybridized carbons (Fsp3) is 0.440. The maximum atomic E-state index is 13.2. The third-order valence-corrected chi connectivity index (χ3v) is 6.77. The second-order valence-corrected chi connectivity index (χ2v) is 9.09. The Hall–Kier alpha value is -2.93. The highest BCUT2D eigenvalue weighted by atomic mass is 19.1. The van der Waals surface area contributed by atoms with Crippen LogP contribution in [-0.2, 0) is 4.79 Å². The molecule has 2 aliphatic heterocycles. The Bertz CT molecular complexity index is 940. The number of anilines is 1. The van der Waals surface area contributed by atoms with Crippen LogP contribution in [0.15, 0.2) is 54.6 Å². The summed E-state index contributed by atoms with van der Waals surface area (Å²) in [6.45, 7) is 6.99. The maximum Gasteiger partial charge on any atom is 0.251 e. The van der Waals surface area contributed by atoms with Crippen LogP contribution in [0.25, 0.3) is 0 Å². The number of carbonyl (C=O) groups is 2. The van der Waals surface area contributed by atoms with Gasteiger partial charge in [-0.2, -0.15) is 0 Å². The van der Waals surface area contributed by atoms with Crippen LogP contribution in [0.3, 0.4) is 0 Å². The van der Waals surface area contributed by atoms with Gasteiger partial charge in [-0.3, -0.25) is 9.59 Å². The van der Waals surface area contributed by atoms with E-state index in [2.05, 4.69) is 34.3 Å². The first-order chi connectivity index (χ1) is 15.4. The van der Waals surface area contributed by atoms with E-state index in [-0.39, 0.29) is 29.6 Å². The third-order valence-electron chi connectivity index (χ3n) is 6.77. The molecule has 0 bridgehead atoms. The van der Waals surface area contributed by atoms with E-state index in [9.17, 15) is 14.0 Å². The maximum absolute atomic E-state index is 13.2. The number of hydrogen-bond donors (Lipinski definition) is 2. The van der Waals surface area contributed by atoms with E-state index in [0.29, 0.717) is 18.8 Å². The lowest BCUT2D eigenvalue weighted by atomic mass is 9.85. The van der Waals surface area contributed by atoms with Gasteiger partial charge >= 0.3 is 0 Å². The molecule has 1 spiro atoms. The minimum absolute atomic E-state index is 0.0377. The predicted octanol–water partition coefficient (Wildman–Crippen LogP) is 3.01. The molecule has 2 aliphatic rings. The van der Waals surface area contributed by atoms with E-state index in [4.69, 9.17) is 0 Å². The first-order valence-electron chi connectivity index (χ1n) is 11.3. The van der Waals surface area contributed by atoms with Gasteiger partial charge in [-0.15, -0.1) is 0 Å². The molecule has 170 valence electrons. The van der Waals surface area contributed by atoms with Crippen LogP contribution >= 0.6 is 0 Å². The summed E-state index contributed by atoms with van der Waals surface area (Å²) in [4.78, 5) is 30.0. The number of nitrogens with one attached hydrogen (secondary N) is 2. The fourth-order valence-corrected chi connectivity index (χ4v) is 4.69. The van der Waals surface area contributed by atoms with Gasteiger partial charge in [0.05, 0.1) is 6.67 Å². The van der Waals surface area contributed by atoms with Gasteiger partial charge in [-0.05, 0) is 55.2 Å². The van der Waals surface area contributed by atoms with Crippen LogP contribution in [0, 0.1) is 11.7 Å². The summed E-state index contributed by atoms with van der Waals surface area (Å²) in [5.41, 5.74) is 1.00. The quantitative estimate of drug-likeness (QED) is 0.728. The summed E-state index contributed by atoms with van der Waals surface area (Å²) < 4.78 is 13.2. The van der Waals surface area contributed by atoms with Crippen LogP contribution in [0.1, 0.15) is 37.0 Å². The van der Waals surface area contributed by atoms with Crippen molar-refractivity contribution in [3.8, 4) is 0 Å². The highest BCUT2D eigenvalue weighted by Gasteiger charge is 2.50. The summed E-state index contributed by atoms with van der Waals surface area (Å²) in [5.74, 6) is -0.204. The Kier molecular flexibility index (Phi) is 6.46. The van der Waals surface area contributed by atoms with Crippen LogP contribution in [-0.4, -0.2) is 54.6 Å². The van der Waals surface area contributed by atoms with Crippen LogP contribution in [0.2, 0.25) is 0 Å². The predicted molar refractivity (Wildman–Crippen MR) is 123 cm³/mol. The van der Waals surface area contributed by atoms with Gasteiger partial charge in [-0.25, -0.2) is 4.39 Å². The number of hydrogen-bond acceptors (Lipinski definition) is 4. The molecule has 7 heteroatoms. The molecule has 0 aromatic heterocycles. The number of rotatable bonds is 6. The molecule has 0 unspecified atom stereocenters. The lowest BCUT2D eigenvalue weighted by molar-refractivity contribution is -0.125. The van der Waals surface area contributed by atoms with Crippen molar-refractivity contribution in [3.05, 3.63) is 66.0 Å². The van der Waals surface area contributed by atoms with Gasteiger partial charge in [0.15, 0.2) is 0 Å². The van der Waals surface area contributed by atoms with Crippen molar-refractivity contribution in [1.29, 1.82) is 0 Å². The zero-order chi connectivity index (χ0) is 22.7. The standard InChI is InChI=1S/C25H31FN4O2/c1-18(2)22(28-23(31)19-8-10-20(26)11-9-19)16-29-14-12-25(13-15-29)24(32)27-17-30(25)21-6-4-3-5-7-21/h3-11,18,22H,12-17H2,1-2H3,(H,27,32)(H,28,31)/t22-/m1/s1. The van der Waals surface area contributed by atoms with E-state index >= 15 is 0 Å². The van der Waals surface area contributed by atoms with E-state index in [1.54, 1.807) is 0 Å². The fourth-order valence-electron chi connectivity index (χ4n) is 4.69. The SMILES string of the molecule is CC(C)[C@@H](CN1CCC2(CC1)C(=O)NCN2c1ccccc1)NC(=O)c1ccc(F)cc1. The van der Waals surface area contributed by atoms with Gasteiger partial charge in [0, 0.05) is 36.9 Å². The molecule has 0 aliphatic carbocycles. The second-order valence-electron chi connectivity index (χ2n) is 9.09. The number of nitrogens with zero attached hydrogens (tertiary/aromatic N) is 2. The van der Waals surface area contributed by atoms with Crippen LogP contribution in [0.5, 0.6) is 0 Å². The van der Waals surface area contributed by atoms with Crippen molar-refractivity contribution < 1.29 is 14.0 Å². The Morgan fingerprint density at radius 3 is 2.38 bits per heavy atom. The van der Waals surface area contributed by atoms with Crippen molar-refractivity contribution in [2.75, 3.05) is 31.2 Å². The summed E-state index contributed by atoms with van der Waals surface area (Å²) >= 11 is 0. The highest BCUT2D eigenvalue weighted by molar-refractivity contribution is 5.94. The lowest BCUT2D eigenvalue weighted by Crippen LogP contribution is -2.58. The monoisotopic (exact) mass is 438 g/mol.